The molecule has 0 aliphatic carbocycles. The number of carbonyl (C=O) groups excluding carboxylic acids is 2. The number of carbonyl (C=O) groups is 2. The average molecular weight is 435 g/mol. The van der Waals surface area contributed by atoms with Gasteiger partial charge < -0.3 is 32.3 Å². The second-order valence-electron chi connectivity index (χ2n) is 8.16. The quantitative estimate of drug-likeness (QED) is 0.323. The number of amides is 1. The summed E-state index contributed by atoms with van der Waals surface area (Å²) in [6.45, 7) is 3.94. The zero-order valence-electron chi connectivity index (χ0n) is 16.7. The zero-order chi connectivity index (χ0) is 21.3. The summed E-state index contributed by atoms with van der Waals surface area (Å²) >= 11 is 5.86. The number of nitrogens with two attached hydrogens (primary N) is 2. The average Bonchev–Trinajstić information content (AvgIpc) is 3.13. The van der Waals surface area contributed by atoms with Gasteiger partial charge in [0.15, 0.2) is 22.5 Å². The molecular formula is C19H27ClN8O2. The highest BCUT2D eigenvalue weighted by Gasteiger charge is 2.41. The van der Waals surface area contributed by atoms with Crippen molar-refractivity contribution < 1.29 is 9.59 Å². The van der Waals surface area contributed by atoms with Crippen molar-refractivity contribution in [1.29, 1.82) is 0 Å². The van der Waals surface area contributed by atoms with Gasteiger partial charge in [0.1, 0.15) is 5.82 Å². The molecule has 0 aromatic carbocycles. The fourth-order valence-corrected chi connectivity index (χ4v) is 4.46. The number of nitrogens with zero attached hydrogens (tertiary/aromatic N) is 3. The molecule has 3 saturated heterocycles. The molecule has 0 unspecified atom stereocenters. The van der Waals surface area contributed by atoms with Gasteiger partial charge in [0.2, 0.25) is 11.7 Å². The summed E-state index contributed by atoms with van der Waals surface area (Å²) in [5.74, 6) is 0.537. The summed E-state index contributed by atoms with van der Waals surface area (Å²) in [7, 11) is 0. The standard InChI is InChI=1S/C19H27ClN8O2/c20-15-17(22)26-16(21)14(25-15)12(29)9-13-24-10-19(27-13)3-7-28(8-4-19)18(30)11-1-5-23-6-2-11/h9,11,23-24,27H,1-8,10H2,(H4,21,22,26)/b13-9+. The van der Waals surface area contributed by atoms with Gasteiger partial charge in [-0.3, -0.25) is 9.59 Å². The Bertz CT molecular complexity index is 876. The summed E-state index contributed by atoms with van der Waals surface area (Å²) < 4.78 is 0. The first-order valence-corrected chi connectivity index (χ1v) is 10.6. The van der Waals surface area contributed by atoms with Gasteiger partial charge in [0, 0.05) is 31.6 Å². The Morgan fingerprint density at radius 1 is 1.13 bits per heavy atom. The number of hydrogen-bond donors (Lipinski definition) is 5. The van der Waals surface area contributed by atoms with Gasteiger partial charge in [0.25, 0.3) is 0 Å². The normalized spacial score (nSPS) is 22.7. The molecule has 0 saturated carbocycles. The number of anilines is 2. The molecule has 1 spiro atoms. The van der Waals surface area contributed by atoms with Crippen LogP contribution in [0.2, 0.25) is 5.15 Å². The molecule has 3 aliphatic rings. The third-order valence-electron chi connectivity index (χ3n) is 6.15. The van der Waals surface area contributed by atoms with Crippen LogP contribution in [0.4, 0.5) is 11.6 Å². The van der Waals surface area contributed by atoms with Crippen molar-refractivity contribution in [3.05, 3.63) is 22.7 Å². The molecule has 162 valence electrons. The monoisotopic (exact) mass is 434 g/mol. The topological polar surface area (TPSA) is 151 Å². The van der Waals surface area contributed by atoms with E-state index in [1.54, 1.807) is 0 Å². The Balaban J connectivity index is 1.37. The van der Waals surface area contributed by atoms with Crippen LogP contribution in [-0.4, -0.2) is 64.8 Å². The van der Waals surface area contributed by atoms with Gasteiger partial charge in [-0.2, -0.15) is 0 Å². The lowest BCUT2D eigenvalue weighted by Crippen LogP contribution is -2.54. The van der Waals surface area contributed by atoms with Crippen molar-refractivity contribution in [2.45, 2.75) is 31.2 Å². The van der Waals surface area contributed by atoms with Crippen LogP contribution < -0.4 is 27.4 Å². The molecule has 7 N–H and O–H groups in total. The molecule has 30 heavy (non-hydrogen) atoms. The highest BCUT2D eigenvalue weighted by molar-refractivity contribution is 6.31. The third kappa shape index (κ3) is 4.15. The van der Waals surface area contributed by atoms with E-state index in [4.69, 9.17) is 23.1 Å². The predicted molar refractivity (Wildman–Crippen MR) is 114 cm³/mol. The first kappa shape index (κ1) is 20.7. The molecule has 4 rings (SSSR count). The van der Waals surface area contributed by atoms with E-state index in [1.165, 1.54) is 6.08 Å². The van der Waals surface area contributed by atoms with E-state index in [0.29, 0.717) is 25.5 Å². The van der Waals surface area contributed by atoms with Crippen LogP contribution in [0.15, 0.2) is 11.9 Å². The number of nitrogens with one attached hydrogen (secondary N) is 3. The van der Waals surface area contributed by atoms with Crippen molar-refractivity contribution in [2.24, 2.45) is 5.92 Å². The van der Waals surface area contributed by atoms with Crippen molar-refractivity contribution >= 4 is 34.9 Å². The minimum Gasteiger partial charge on any atom is -0.382 e. The van der Waals surface area contributed by atoms with Crippen molar-refractivity contribution in [2.75, 3.05) is 44.2 Å². The van der Waals surface area contributed by atoms with Crippen LogP contribution in [0.3, 0.4) is 0 Å². The molecule has 11 heteroatoms. The first-order chi connectivity index (χ1) is 14.4. The largest absolute Gasteiger partial charge is 0.382 e. The van der Waals surface area contributed by atoms with Crippen molar-refractivity contribution in [3.63, 3.8) is 0 Å². The minimum absolute atomic E-state index is 0.0137. The summed E-state index contributed by atoms with van der Waals surface area (Å²) in [5, 5.41) is 9.91. The maximum absolute atomic E-state index is 12.8. The van der Waals surface area contributed by atoms with Gasteiger partial charge in [0.05, 0.1) is 5.54 Å². The molecule has 1 aromatic heterocycles. The fraction of sp³-hybridized carbons (Fsp3) is 0.579. The first-order valence-electron chi connectivity index (χ1n) is 10.2. The van der Waals surface area contributed by atoms with E-state index in [2.05, 4.69) is 25.9 Å². The molecule has 3 aliphatic heterocycles. The highest BCUT2D eigenvalue weighted by Crippen LogP contribution is 2.28. The minimum atomic E-state index is -0.410. The molecular weight excluding hydrogens is 408 g/mol. The van der Waals surface area contributed by atoms with E-state index >= 15 is 0 Å². The molecule has 0 atom stereocenters. The summed E-state index contributed by atoms with van der Waals surface area (Å²) in [4.78, 5) is 35.1. The van der Waals surface area contributed by atoms with E-state index < -0.39 is 5.78 Å². The molecule has 1 amide bonds. The molecule has 1 aromatic rings. The van der Waals surface area contributed by atoms with Gasteiger partial charge >= 0.3 is 0 Å². The van der Waals surface area contributed by atoms with Crippen LogP contribution in [-0.2, 0) is 4.79 Å². The van der Waals surface area contributed by atoms with Crippen LogP contribution in [0.25, 0.3) is 0 Å². The Morgan fingerprint density at radius 2 is 1.83 bits per heavy atom. The summed E-state index contributed by atoms with van der Waals surface area (Å²) in [6.07, 6.45) is 4.87. The summed E-state index contributed by atoms with van der Waals surface area (Å²) in [5.41, 5.74) is 11.1. The maximum atomic E-state index is 12.8. The lowest BCUT2D eigenvalue weighted by atomic mass is 9.87. The van der Waals surface area contributed by atoms with Gasteiger partial charge in [-0.1, -0.05) is 11.6 Å². The number of hydrogen-bond acceptors (Lipinski definition) is 9. The van der Waals surface area contributed by atoms with E-state index in [-0.39, 0.29) is 39.8 Å². The van der Waals surface area contributed by atoms with Crippen molar-refractivity contribution in [3.8, 4) is 0 Å². The second-order valence-corrected chi connectivity index (χ2v) is 8.52. The number of aromatic nitrogens is 2. The predicted octanol–water partition coefficient (Wildman–Crippen LogP) is -0.128. The summed E-state index contributed by atoms with van der Waals surface area (Å²) in [6, 6.07) is 0. The van der Waals surface area contributed by atoms with E-state index in [0.717, 1.165) is 38.8 Å². The zero-order valence-corrected chi connectivity index (χ0v) is 17.5. The second kappa shape index (κ2) is 8.27. The van der Waals surface area contributed by atoms with Gasteiger partial charge in [-0.05, 0) is 38.8 Å². The molecule has 3 fully saturated rings. The maximum Gasteiger partial charge on any atom is 0.225 e. The van der Waals surface area contributed by atoms with Gasteiger partial charge in [-0.25, -0.2) is 9.97 Å². The number of rotatable bonds is 3. The van der Waals surface area contributed by atoms with E-state index in [9.17, 15) is 9.59 Å². The van der Waals surface area contributed by atoms with Crippen LogP contribution >= 0.6 is 11.6 Å². The number of allylic oxidation sites excluding steroid dienone is 1. The molecule has 4 heterocycles. The Hall–Kier alpha value is -2.59. The Labute approximate surface area is 179 Å². The Morgan fingerprint density at radius 3 is 2.53 bits per heavy atom. The van der Waals surface area contributed by atoms with Crippen LogP contribution in [0, 0.1) is 5.92 Å². The number of ketones is 1. The third-order valence-corrected chi connectivity index (χ3v) is 6.43. The molecule has 0 radical (unpaired) electrons. The van der Waals surface area contributed by atoms with Crippen LogP contribution in [0.1, 0.15) is 36.2 Å². The number of likely N-dealkylation sites (tertiary alicyclic amines) is 1. The molecule has 0 bridgehead atoms. The highest BCUT2D eigenvalue weighted by atomic mass is 35.5. The SMILES string of the molecule is Nc1nc(N)c(C(=O)/C=C2\NCC3(CCN(C(=O)C4CCNCC4)CC3)N2)nc1Cl. The molecule has 10 nitrogen and oxygen atoms in total. The van der Waals surface area contributed by atoms with Crippen LogP contribution in [0.5, 0.6) is 0 Å². The van der Waals surface area contributed by atoms with Gasteiger partial charge in [-0.15, -0.1) is 0 Å². The van der Waals surface area contributed by atoms with Crippen molar-refractivity contribution in [1.82, 2.24) is 30.8 Å². The lowest BCUT2D eigenvalue weighted by molar-refractivity contribution is -0.138. The Kier molecular flexibility index (Phi) is 5.70. The lowest BCUT2D eigenvalue weighted by Gasteiger charge is -2.40. The number of nitrogen functional groups attached to an aromatic ring is 2. The smallest absolute Gasteiger partial charge is 0.225 e. The number of piperidine rings is 2. The fourth-order valence-electron chi connectivity index (χ4n) is 4.33. The van der Waals surface area contributed by atoms with E-state index in [1.807, 2.05) is 4.90 Å². The number of halogens is 1.